The van der Waals surface area contributed by atoms with Gasteiger partial charge in [0.05, 0.1) is 6.42 Å². The molecule has 1 heterocycles. The van der Waals surface area contributed by atoms with Gasteiger partial charge in [-0.3, -0.25) is 9.59 Å². The standard InChI is InChI=1S/C22H21NO4/c1-23(18-10-6-3-7-11-18)21(24)16-26-22(25)15-13-19-12-14-20(27-19)17-8-4-2-5-9-17/h2-12,14H,13,15-16H2,1H3. The van der Waals surface area contributed by atoms with E-state index in [9.17, 15) is 9.59 Å². The van der Waals surface area contributed by atoms with Gasteiger partial charge in [-0.25, -0.2) is 0 Å². The van der Waals surface area contributed by atoms with Crippen molar-refractivity contribution >= 4 is 17.6 Å². The fourth-order valence-corrected chi connectivity index (χ4v) is 2.60. The number of rotatable bonds is 7. The van der Waals surface area contributed by atoms with E-state index >= 15 is 0 Å². The Balaban J connectivity index is 1.45. The van der Waals surface area contributed by atoms with Gasteiger partial charge in [-0.15, -0.1) is 0 Å². The SMILES string of the molecule is CN(C(=O)COC(=O)CCc1ccc(-c2ccccc2)o1)c1ccccc1. The lowest BCUT2D eigenvalue weighted by atomic mass is 10.2. The lowest BCUT2D eigenvalue weighted by Crippen LogP contribution is -2.31. The van der Waals surface area contributed by atoms with Crippen molar-refractivity contribution in [2.45, 2.75) is 12.8 Å². The van der Waals surface area contributed by atoms with Gasteiger partial charge in [-0.2, -0.15) is 0 Å². The number of anilines is 1. The molecule has 0 N–H and O–H groups in total. The van der Waals surface area contributed by atoms with Crippen LogP contribution in [0.25, 0.3) is 11.3 Å². The van der Waals surface area contributed by atoms with Crippen LogP contribution >= 0.6 is 0 Å². The van der Waals surface area contributed by atoms with Gasteiger partial charge < -0.3 is 14.1 Å². The maximum atomic E-state index is 12.1. The van der Waals surface area contributed by atoms with Crippen LogP contribution in [0.5, 0.6) is 0 Å². The van der Waals surface area contributed by atoms with E-state index in [1.807, 2.05) is 72.8 Å². The first kappa shape index (κ1) is 18.5. The molecule has 0 saturated carbocycles. The molecule has 3 aromatic rings. The van der Waals surface area contributed by atoms with Crippen LogP contribution in [0.15, 0.2) is 77.2 Å². The normalized spacial score (nSPS) is 10.4. The first-order valence-electron chi connectivity index (χ1n) is 8.75. The molecular weight excluding hydrogens is 342 g/mol. The Bertz CT molecular complexity index is 887. The van der Waals surface area contributed by atoms with Crippen molar-refractivity contribution in [1.29, 1.82) is 0 Å². The Hall–Kier alpha value is -3.34. The van der Waals surface area contributed by atoms with Crippen molar-refractivity contribution in [3.8, 4) is 11.3 Å². The second kappa shape index (κ2) is 8.85. The van der Waals surface area contributed by atoms with Gasteiger partial charge >= 0.3 is 5.97 Å². The van der Waals surface area contributed by atoms with Gasteiger partial charge in [-0.1, -0.05) is 48.5 Å². The molecule has 0 radical (unpaired) electrons. The smallest absolute Gasteiger partial charge is 0.306 e. The third-order valence-corrected chi connectivity index (χ3v) is 4.17. The van der Waals surface area contributed by atoms with Crippen LogP contribution in [0.4, 0.5) is 5.69 Å². The second-order valence-corrected chi connectivity index (χ2v) is 6.08. The van der Waals surface area contributed by atoms with Crippen molar-refractivity contribution in [2.75, 3.05) is 18.6 Å². The Labute approximate surface area is 158 Å². The molecule has 0 atom stereocenters. The summed E-state index contributed by atoms with van der Waals surface area (Å²) in [4.78, 5) is 25.5. The molecule has 1 amide bonds. The Morgan fingerprint density at radius 2 is 1.59 bits per heavy atom. The van der Waals surface area contributed by atoms with Gasteiger partial charge in [0.15, 0.2) is 6.61 Å². The molecule has 2 aromatic carbocycles. The molecule has 5 heteroatoms. The summed E-state index contributed by atoms with van der Waals surface area (Å²) in [6.45, 7) is -0.280. The van der Waals surface area contributed by atoms with E-state index < -0.39 is 5.97 Å². The first-order chi connectivity index (χ1) is 13.1. The van der Waals surface area contributed by atoms with Gasteiger partial charge in [0.25, 0.3) is 5.91 Å². The molecule has 0 bridgehead atoms. The van der Waals surface area contributed by atoms with Crippen molar-refractivity contribution in [3.63, 3.8) is 0 Å². The molecule has 0 aliphatic carbocycles. The van der Waals surface area contributed by atoms with E-state index in [1.54, 1.807) is 7.05 Å². The fourth-order valence-electron chi connectivity index (χ4n) is 2.60. The highest BCUT2D eigenvalue weighted by Crippen LogP contribution is 2.22. The second-order valence-electron chi connectivity index (χ2n) is 6.08. The average molecular weight is 363 g/mol. The van der Waals surface area contributed by atoms with Gasteiger partial charge in [0.2, 0.25) is 0 Å². The molecule has 0 aliphatic heterocycles. The van der Waals surface area contributed by atoms with Crippen LogP contribution in [0.2, 0.25) is 0 Å². The average Bonchev–Trinajstić information content (AvgIpc) is 3.20. The molecule has 1 aromatic heterocycles. The summed E-state index contributed by atoms with van der Waals surface area (Å²) in [5.74, 6) is 0.763. The van der Waals surface area contributed by atoms with Crippen molar-refractivity contribution in [1.82, 2.24) is 0 Å². The van der Waals surface area contributed by atoms with E-state index in [0.717, 1.165) is 17.0 Å². The van der Waals surface area contributed by atoms with Crippen LogP contribution in [-0.4, -0.2) is 25.5 Å². The third-order valence-electron chi connectivity index (χ3n) is 4.17. The lowest BCUT2D eigenvalue weighted by molar-refractivity contribution is -0.147. The highest BCUT2D eigenvalue weighted by atomic mass is 16.5. The number of furan rings is 1. The minimum atomic E-state index is -0.428. The molecule has 0 unspecified atom stereocenters. The molecule has 27 heavy (non-hydrogen) atoms. The number of hydrogen-bond donors (Lipinski definition) is 0. The van der Waals surface area contributed by atoms with E-state index in [2.05, 4.69) is 0 Å². The van der Waals surface area contributed by atoms with Crippen LogP contribution in [0.3, 0.4) is 0 Å². The third kappa shape index (κ3) is 5.07. The molecule has 3 rings (SSSR count). The summed E-state index contributed by atoms with van der Waals surface area (Å²) in [5, 5.41) is 0. The van der Waals surface area contributed by atoms with Gasteiger partial charge in [-0.05, 0) is 24.3 Å². The van der Waals surface area contributed by atoms with Crippen molar-refractivity contribution in [3.05, 3.63) is 78.6 Å². The zero-order chi connectivity index (χ0) is 19.1. The Kier molecular flexibility index (Phi) is 6.05. The van der Waals surface area contributed by atoms with E-state index in [0.29, 0.717) is 12.2 Å². The largest absolute Gasteiger partial charge is 0.461 e. The van der Waals surface area contributed by atoms with Gasteiger partial charge in [0.1, 0.15) is 11.5 Å². The number of para-hydroxylation sites is 1. The number of carbonyl (C=O) groups excluding carboxylic acids is 2. The van der Waals surface area contributed by atoms with Crippen molar-refractivity contribution in [2.24, 2.45) is 0 Å². The topological polar surface area (TPSA) is 59.8 Å². The van der Waals surface area contributed by atoms with Crippen LogP contribution in [0, 0.1) is 0 Å². The predicted octanol–water partition coefficient (Wildman–Crippen LogP) is 4.09. The summed E-state index contributed by atoms with van der Waals surface area (Å²) in [6.07, 6.45) is 0.582. The number of aryl methyl sites for hydroxylation is 1. The van der Waals surface area contributed by atoms with E-state index in [4.69, 9.17) is 9.15 Å². The van der Waals surface area contributed by atoms with Gasteiger partial charge in [0, 0.05) is 24.7 Å². The molecular formula is C22H21NO4. The maximum absolute atomic E-state index is 12.1. The summed E-state index contributed by atoms with van der Waals surface area (Å²) in [6, 6.07) is 22.7. The molecule has 0 saturated heterocycles. The van der Waals surface area contributed by atoms with Crippen molar-refractivity contribution < 1.29 is 18.7 Å². The van der Waals surface area contributed by atoms with Crippen LogP contribution < -0.4 is 4.90 Å². The number of ether oxygens (including phenoxy) is 1. The molecule has 5 nitrogen and oxygen atoms in total. The highest BCUT2D eigenvalue weighted by molar-refractivity contribution is 5.94. The Morgan fingerprint density at radius 3 is 2.30 bits per heavy atom. The highest BCUT2D eigenvalue weighted by Gasteiger charge is 2.14. The lowest BCUT2D eigenvalue weighted by Gasteiger charge is -2.17. The number of carbonyl (C=O) groups is 2. The number of hydrogen-bond acceptors (Lipinski definition) is 4. The van der Waals surface area contributed by atoms with E-state index in [1.165, 1.54) is 4.90 Å². The minimum absolute atomic E-state index is 0.157. The zero-order valence-corrected chi connectivity index (χ0v) is 15.1. The quantitative estimate of drug-likeness (QED) is 0.593. The molecule has 138 valence electrons. The number of likely N-dealkylation sites (N-methyl/N-ethyl adjacent to an activating group) is 1. The predicted molar refractivity (Wildman–Crippen MR) is 103 cm³/mol. The summed E-state index contributed by atoms with van der Waals surface area (Å²) >= 11 is 0. The number of benzene rings is 2. The zero-order valence-electron chi connectivity index (χ0n) is 15.1. The van der Waals surface area contributed by atoms with Crippen LogP contribution in [-0.2, 0) is 20.7 Å². The number of amides is 1. The summed E-state index contributed by atoms with van der Waals surface area (Å²) < 4.78 is 10.8. The maximum Gasteiger partial charge on any atom is 0.306 e. The fraction of sp³-hybridized carbons (Fsp3) is 0.182. The minimum Gasteiger partial charge on any atom is -0.461 e. The van der Waals surface area contributed by atoms with E-state index in [-0.39, 0.29) is 18.9 Å². The molecule has 0 spiro atoms. The molecule has 0 fully saturated rings. The Morgan fingerprint density at radius 1 is 0.926 bits per heavy atom. The molecule has 0 aliphatic rings. The number of nitrogens with zero attached hydrogens (tertiary/aromatic N) is 1. The van der Waals surface area contributed by atoms with Crippen LogP contribution in [0.1, 0.15) is 12.2 Å². The summed E-state index contributed by atoms with van der Waals surface area (Å²) in [5.41, 5.74) is 1.74. The first-order valence-corrected chi connectivity index (χ1v) is 8.75. The monoisotopic (exact) mass is 363 g/mol. The number of esters is 1. The summed E-state index contributed by atoms with van der Waals surface area (Å²) in [7, 11) is 1.65.